The number of carbonyl (C=O) groups excluding carboxylic acids is 2. The molecule has 1 aromatic carbocycles. The lowest BCUT2D eigenvalue weighted by molar-refractivity contribution is -0.186. The van der Waals surface area contributed by atoms with Crippen molar-refractivity contribution in [2.45, 2.75) is 25.0 Å². The van der Waals surface area contributed by atoms with Gasteiger partial charge in [-0.1, -0.05) is 6.07 Å². The molecule has 0 amide bonds. The summed E-state index contributed by atoms with van der Waals surface area (Å²) >= 11 is 4.14. The van der Waals surface area contributed by atoms with Gasteiger partial charge < -0.3 is 15.2 Å². The average molecular weight is 255 g/mol. The first-order chi connectivity index (χ1) is 7.91. The third kappa shape index (κ3) is 3.67. The molecule has 0 aromatic heterocycles. The number of thiol groups is 1. The number of carbonyl (C=O) groups is 2. The Kier molecular flexibility index (Phi) is 4.39. The highest BCUT2D eigenvalue weighted by Crippen LogP contribution is 2.29. The third-order valence-corrected chi connectivity index (χ3v) is 2.31. The van der Waals surface area contributed by atoms with Crippen molar-refractivity contribution in [3.05, 3.63) is 23.8 Å². The summed E-state index contributed by atoms with van der Waals surface area (Å²) in [6, 6.07) is 4.96. The number of nitrogens with two attached hydrogens (primary N) is 1. The molecule has 0 saturated carbocycles. The highest BCUT2D eigenvalue weighted by Gasteiger charge is 2.21. The van der Waals surface area contributed by atoms with Crippen molar-refractivity contribution >= 4 is 30.3 Å². The fourth-order valence-corrected chi connectivity index (χ4v) is 1.44. The van der Waals surface area contributed by atoms with Gasteiger partial charge >= 0.3 is 11.9 Å². The highest BCUT2D eigenvalue weighted by molar-refractivity contribution is 7.80. The van der Waals surface area contributed by atoms with Crippen molar-refractivity contribution in [1.82, 2.24) is 0 Å². The fourth-order valence-electron chi connectivity index (χ4n) is 1.23. The predicted octanol–water partition coefficient (Wildman–Crippen LogP) is 1.68. The molecule has 0 unspecified atom stereocenters. The summed E-state index contributed by atoms with van der Waals surface area (Å²) < 4.78 is 9.77. The van der Waals surface area contributed by atoms with Crippen LogP contribution in [0.15, 0.2) is 23.1 Å². The molecule has 92 valence electrons. The van der Waals surface area contributed by atoms with Crippen LogP contribution < -0.4 is 5.73 Å². The van der Waals surface area contributed by atoms with Gasteiger partial charge in [0, 0.05) is 18.7 Å². The molecule has 0 heterocycles. The average Bonchev–Trinajstić information content (AvgIpc) is 2.19. The maximum atomic E-state index is 10.9. The van der Waals surface area contributed by atoms with E-state index in [0.29, 0.717) is 16.1 Å². The minimum Gasteiger partial charge on any atom is -0.421 e. The Morgan fingerprint density at radius 1 is 1.24 bits per heavy atom. The summed E-state index contributed by atoms with van der Waals surface area (Å²) in [5, 5.41) is 0. The Morgan fingerprint density at radius 2 is 1.76 bits per heavy atom. The van der Waals surface area contributed by atoms with E-state index in [1.54, 1.807) is 18.2 Å². The Hall–Kier alpha value is -1.69. The van der Waals surface area contributed by atoms with Crippen LogP contribution >= 0.6 is 12.6 Å². The first-order valence-corrected chi connectivity index (χ1v) is 5.28. The van der Waals surface area contributed by atoms with Crippen LogP contribution in [0.1, 0.15) is 25.7 Å². The van der Waals surface area contributed by atoms with Gasteiger partial charge in [-0.15, -0.1) is 12.6 Å². The van der Waals surface area contributed by atoms with Crippen LogP contribution in [0, 0.1) is 0 Å². The third-order valence-electron chi connectivity index (χ3n) is 1.92. The summed E-state index contributed by atoms with van der Waals surface area (Å²) in [4.78, 5) is 22.4. The zero-order valence-corrected chi connectivity index (χ0v) is 10.4. The van der Waals surface area contributed by atoms with Crippen LogP contribution in [-0.2, 0) is 19.1 Å². The van der Waals surface area contributed by atoms with Crippen LogP contribution in [0.3, 0.4) is 0 Å². The van der Waals surface area contributed by atoms with Gasteiger partial charge in [-0.2, -0.15) is 0 Å². The lowest BCUT2D eigenvalue weighted by atomic mass is 10.1. The molecule has 5 nitrogen and oxygen atoms in total. The number of hydrogen-bond acceptors (Lipinski definition) is 6. The minimum absolute atomic E-state index is 0.309. The van der Waals surface area contributed by atoms with Crippen molar-refractivity contribution in [3.8, 4) is 0 Å². The second kappa shape index (κ2) is 5.58. The van der Waals surface area contributed by atoms with Crippen molar-refractivity contribution in [2.24, 2.45) is 0 Å². The second-order valence-corrected chi connectivity index (χ2v) is 3.81. The topological polar surface area (TPSA) is 78.6 Å². The maximum Gasteiger partial charge on any atom is 0.305 e. The molecule has 1 aromatic rings. The Balaban J connectivity index is 3.07. The van der Waals surface area contributed by atoms with Crippen molar-refractivity contribution in [1.29, 1.82) is 0 Å². The molecule has 1 rings (SSSR count). The number of ether oxygens (including phenoxy) is 2. The lowest BCUT2D eigenvalue weighted by Crippen LogP contribution is -2.16. The van der Waals surface area contributed by atoms with Gasteiger partial charge in [-0.25, -0.2) is 0 Å². The number of rotatable bonds is 3. The van der Waals surface area contributed by atoms with E-state index in [1.807, 2.05) is 0 Å². The molecule has 0 saturated heterocycles. The SMILES string of the molecule is CC(=O)OC(OC(C)=O)c1cccc(S)c1N. The number of para-hydroxylation sites is 1. The molecule has 0 aliphatic carbocycles. The van der Waals surface area contributed by atoms with Crippen LogP contribution in [-0.4, -0.2) is 11.9 Å². The van der Waals surface area contributed by atoms with Gasteiger partial charge in [0.05, 0.1) is 11.3 Å². The van der Waals surface area contributed by atoms with Gasteiger partial charge in [0.25, 0.3) is 6.29 Å². The van der Waals surface area contributed by atoms with Crippen molar-refractivity contribution < 1.29 is 19.1 Å². The molecule has 0 fully saturated rings. The van der Waals surface area contributed by atoms with Gasteiger partial charge in [0.15, 0.2) is 0 Å². The van der Waals surface area contributed by atoms with E-state index >= 15 is 0 Å². The number of benzene rings is 1. The molecule has 2 N–H and O–H groups in total. The maximum absolute atomic E-state index is 10.9. The van der Waals surface area contributed by atoms with E-state index in [0.717, 1.165) is 0 Å². The molecule has 0 aliphatic heterocycles. The summed E-state index contributed by atoms with van der Waals surface area (Å²) in [6.45, 7) is 2.44. The van der Waals surface area contributed by atoms with Crippen LogP contribution in [0.5, 0.6) is 0 Å². The minimum atomic E-state index is -1.14. The number of anilines is 1. The zero-order chi connectivity index (χ0) is 13.0. The van der Waals surface area contributed by atoms with Crippen LogP contribution in [0.2, 0.25) is 0 Å². The number of nitrogen functional groups attached to an aromatic ring is 1. The van der Waals surface area contributed by atoms with E-state index in [4.69, 9.17) is 15.2 Å². The second-order valence-electron chi connectivity index (χ2n) is 3.33. The van der Waals surface area contributed by atoms with E-state index in [2.05, 4.69) is 12.6 Å². The van der Waals surface area contributed by atoms with Gasteiger partial charge in [0.1, 0.15) is 0 Å². The fraction of sp³-hybridized carbons (Fsp3) is 0.273. The highest BCUT2D eigenvalue weighted by atomic mass is 32.1. The molecule has 17 heavy (non-hydrogen) atoms. The summed E-state index contributed by atoms with van der Waals surface area (Å²) in [6.07, 6.45) is -1.14. The molecule has 0 atom stereocenters. The molecule has 6 heteroatoms. The Morgan fingerprint density at radius 3 is 2.24 bits per heavy atom. The van der Waals surface area contributed by atoms with E-state index < -0.39 is 18.2 Å². The monoisotopic (exact) mass is 255 g/mol. The normalized spacial score (nSPS) is 10.1. The predicted molar refractivity (Wildman–Crippen MR) is 64.4 cm³/mol. The summed E-state index contributed by atoms with van der Waals surface area (Å²) in [7, 11) is 0. The quantitative estimate of drug-likeness (QED) is 0.372. The number of hydrogen-bond donors (Lipinski definition) is 2. The van der Waals surface area contributed by atoms with Crippen LogP contribution in [0.25, 0.3) is 0 Å². The molecule has 0 aliphatic rings. The molecular formula is C11H13NO4S. The first-order valence-electron chi connectivity index (χ1n) is 4.83. The largest absolute Gasteiger partial charge is 0.421 e. The van der Waals surface area contributed by atoms with Gasteiger partial charge in [-0.3, -0.25) is 9.59 Å². The van der Waals surface area contributed by atoms with Crippen molar-refractivity contribution in [2.75, 3.05) is 5.73 Å². The van der Waals surface area contributed by atoms with Crippen molar-refractivity contribution in [3.63, 3.8) is 0 Å². The molecule has 0 radical (unpaired) electrons. The van der Waals surface area contributed by atoms with E-state index in [1.165, 1.54) is 13.8 Å². The first kappa shape index (κ1) is 13.4. The lowest BCUT2D eigenvalue weighted by Gasteiger charge is -2.18. The molecule has 0 spiro atoms. The standard InChI is InChI=1S/C11H13NO4S/c1-6(13)15-11(16-7(2)14)8-4-3-5-9(17)10(8)12/h3-5,11,17H,12H2,1-2H3. The number of esters is 2. The van der Waals surface area contributed by atoms with E-state index in [-0.39, 0.29) is 0 Å². The smallest absolute Gasteiger partial charge is 0.305 e. The molecule has 0 bridgehead atoms. The summed E-state index contributed by atoms with van der Waals surface area (Å²) in [5.74, 6) is -1.14. The Bertz CT molecular complexity index is 431. The van der Waals surface area contributed by atoms with E-state index in [9.17, 15) is 9.59 Å². The summed E-state index contributed by atoms with van der Waals surface area (Å²) in [5.41, 5.74) is 6.48. The Labute approximate surface area is 104 Å². The molecular weight excluding hydrogens is 242 g/mol. The van der Waals surface area contributed by atoms with Gasteiger partial charge in [-0.05, 0) is 12.1 Å². The van der Waals surface area contributed by atoms with Crippen LogP contribution in [0.4, 0.5) is 5.69 Å². The van der Waals surface area contributed by atoms with Gasteiger partial charge in [0.2, 0.25) is 0 Å². The zero-order valence-electron chi connectivity index (χ0n) is 9.47.